The molecule has 0 amide bonds. The van der Waals surface area contributed by atoms with Crippen molar-refractivity contribution in [2.24, 2.45) is 0 Å². The maximum atomic E-state index is 12.8. The van der Waals surface area contributed by atoms with Crippen molar-refractivity contribution in [1.29, 1.82) is 0 Å². The maximum Gasteiger partial charge on any atom is 0.343 e. The molecule has 4 aromatic carbocycles. The van der Waals surface area contributed by atoms with Gasteiger partial charge in [0.2, 0.25) is 6.79 Å². The molecule has 0 aliphatic carbocycles. The number of aliphatic hydroxyl groups is 1. The lowest BCUT2D eigenvalue weighted by Gasteiger charge is -2.11. The Morgan fingerprint density at radius 3 is 1.62 bits per heavy atom. The molecule has 0 spiro atoms. The van der Waals surface area contributed by atoms with Crippen LogP contribution in [0.3, 0.4) is 0 Å². The lowest BCUT2D eigenvalue weighted by atomic mass is 10.1. The summed E-state index contributed by atoms with van der Waals surface area (Å²) in [5.41, 5.74) is 2.71. The van der Waals surface area contributed by atoms with E-state index < -0.39 is 11.9 Å². The van der Waals surface area contributed by atoms with Crippen molar-refractivity contribution in [2.45, 2.75) is 51.4 Å². The zero-order valence-corrected chi connectivity index (χ0v) is 29.4. The molecule has 1 N–H and O–H groups in total. The number of rotatable bonds is 24. The molecule has 10 heteroatoms. The molecule has 0 aromatic heterocycles. The topological polar surface area (TPSA) is 119 Å². The van der Waals surface area contributed by atoms with Crippen LogP contribution in [0.1, 0.15) is 61.7 Å². The van der Waals surface area contributed by atoms with Crippen molar-refractivity contribution in [3.05, 3.63) is 121 Å². The molecule has 0 saturated heterocycles. The number of aliphatic hydroxyl groups excluding tert-OH is 1. The van der Waals surface area contributed by atoms with Crippen LogP contribution in [0, 0.1) is 0 Å². The predicted octanol–water partition coefficient (Wildman–Crippen LogP) is 9.28. The summed E-state index contributed by atoms with van der Waals surface area (Å²) in [6, 6.07) is 25.3. The Morgan fingerprint density at radius 2 is 1.04 bits per heavy atom. The lowest BCUT2D eigenvalue weighted by Crippen LogP contribution is -2.08. The Kier molecular flexibility index (Phi) is 16.5. The van der Waals surface area contributed by atoms with E-state index in [1.807, 2.05) is 54.6 Å². The zero-order chi connectivity index (χ0) is 36.8. The van der Waals surface area contributed by atoms with Crippen LogP contribution in [0.5, 0.6) is 28.7 Å². The van der Waals surface area contributed by atoms with Gasteiger partial charge in [0.1, 0.15) is 28.7 Å². The maximum absolute atomic E-state index is 12.8. The van der Waals surface area contributed by atoms with E-state index in [9.17, 15) is 9.59 Å². The molecule has 4 rings (SSSR count). The van der Waals surface area contributed by atoms with E-state index >= 15 is 0 Å². The molecule has 52 heavy (non-hydrogen) atoms. The highest BCUT2D eigenvalue weighted by Gasteiger charge is 2.10. The van der Waals surface area contributed by atoms with Crippen LogP contribution in [0.2, 0.25) is 0 Å². The van der Waals surface area contributed by atoms with Crippen molar-refractivity contribution in [1.82, 2.24) is 0 Å². The van der Waals surface area contributed by atoms with Crippen molar-refractivity contribution >= 4 is 22.7 Å². The minimum absolute atomic E-state index is 0.0336. The normalized spacial score (nSPS) is 10.5. The first-order chi connectivity index (χ1) is 25.4. The fourth-order valence-electron chi connectivity index (χ4n) is 4.95. The van der Waals surface area contributed by atoms with Crippen molar-refractivity contribution in [3.63, 3.8) is 0 Å². The summed E-state index contributed by atoms with van der Waals surface area (Å²) in [4.78, 5) is 23.8. The second kappa shape index (κ2) is 22.1. The Hall–Kier alpha value is -5.86. The molecule has 0 heterocycles. The van der Waals surface area contributed by atoms with Gasteiger partial charge in [-0.3, -0.25) is 0 Å². The first-order valence-electron chi connectivity index (χ1n) is 17.4. The SMILES string of the molecule is C=C=C(O)OCCCCCCOc1ccc(OCOc2ccc3cc(OC(=O)c4ccc(OCCCCCCOC(=O)C=C)cc4)ccc3c2)cc1. The number of esters is 2. The van der Waals surface area contributed by atoms with E-state index in [1.165, 1.54) is 0 Å². The fourth-order valence-corrected chi connectivity index (χ4v) is 4.95. The summed E-state index contributed by atoms with van der Waals surface area (Å²) in [5.74, 6) is 2.07. The third-order valence-corrected chi connectivity index (χ3v) is 7.77. The molecule has 274 valence electrons. The number of fused-ring (bicyclic) bond motifs is 1. The Morgan fingerprint density at radius 1 is 0.577 bits per heavy atom. The molecule has 0 aliphatic heterocycles. The fraction of sp³-hybridized carbons (Fsp3) is 0.310. The van der Waals surface area contributed by atoms with Gasteiger partial charge in [-0.15, -0.1) is 0 Å². The molecule has 10 nitrogen and oxygen atoms in total. The van der Waals surface area contributed by atoms with Gasteiger partial charge >= 0.3 is 17.9 Å². The second-order valence-corrected chi connectivity index (χ2v) is 11.7. The summed E-state index contributed by atoms with van der Waals surface area (Å²) in [7, 11) is 0. The van der Waals surface area contributed by atoms with E-state index in [0.717, 1.165) is 74.0 Å². The highest BCUT2D eigenvalue weighted by atomic mass is 16.7. The Labute approximate surface area is 304 Å². The van der Waals surface area contributed by atoms with E-state index in [2.05, 4.69) is 18.9 Å². The molecule has 0 radical (unpaired) electrons. The largest absolute Gasteiger partial charge is 0.494 e. The first kappa shape index (κ1) is 38.9. The average Bonchev–Trinajstić information content (AvgIpc) is 3.17. The lowest BCUT2D eigenvalue weighted by molar-refractivity contribution is -0.137. The third kappa shape index (κ3) is 14.2. The van der Waals surface area contributed by atoms with Crippen LogP contribution in [0.15, 0.2) is 116 Å². The van der Waals surface area contributed by atoms with Gasteiger partial charge in [-0.2, -0.15) is 0 Å². The summed E-state index contributed by atoms with van der Waals surface area (Å²) in [5, 5.41) is 11.0. The molecular weight excluding hydrogens is 664 g/mol. The van der Waals surface area contributed by atoms with Gasteiger partial charge in [-0.25, -0.2) is 9.59 Å². The number of carbonyl (C=O) groups excluding carboxylic acids is 2. The molecular formula is C42H46O10. The quantitative estimate of drug-likeness (QED) is 0.0143. The molecule has 0 unspecified atom stereocenters. The summed E-state index contributed by atoms with van der Waals surface area (Å²) in [6.45, 7) is 8.73. The molecule has 0 atom stereocenters. The summed E-state index contributed by atoms with van der Waals surface area (Å²) < 4.78 is 38.8. The van der Waals surface area contributed by atoms with E-state index in [4.69, 9.17) is 38.3 Å². The van der Waals surface area contributed by atoms with Crippen LogP contribution in [-0.4, -0.2) is 50.3 Å². The van der Waals surface area contributed by atoms with Crippen molar-refractivity contribution in [3.8, 4) is 28.7 Å². The van der Waals surface area contributed by atoms with Crippen LogP contribution < -0.4 is 23.7 Å². The second-order valence-electron chi connectivity index (χ2n) is 11.7. The Bertz CT molecular complexity index is 1760. The molecule has 0 bridgehead atoms. The minimum Gasteiger partial charge on any atom is -0.494 e. The minimum atomic E-state index is -0.460. The van der Waals surface area contributed by atoms with E-state index in [-0.39, 0.29) is 12.7 Å². The van der Waals surface area contributed by atoms with Gasteiger partial charge in [0.15, 0.2) is 0 Å². The van der Waals surface area contributed by atoms with Crippen LogP contribution >= 0.6 is 0 Å². The van der Waals surface area contributed by atoms with Gasteiger partial charge in [-0.05, 0) is 147 Å². The molecule has 4 aromatic rings. The first-order valence-corrected chi connectivity index (χ1v) is 17.4. The van der Waals surface area contributed by atoms with Crippen LogP contribution in [0.4, 0.5) is 0 Å². The molecule has 0 aliphatic rings. The zero-order valence-electron chi connectivity index (χ0n) is 29.4. The van der Waals surface area contributed by atoms with Gasteiger partial charge in [0.05, 0.1) is 32.0 Å². The average molecular weight is 711 g/mol. The number of hydrogen-bond acceptors (Lipinski definition) is 10. The Balaban J connectivity index is 1.11. The highest BCUT2D eigenvalue weighted by Crippen LogP contribution is 2.26. The summed E-state index contributed by atoms with van der Waals surface area (Å²) in [6.07, 6.45) is 8.48. The number of unbranched alkanes of at least 4 members (excludes halogenated alkanes) is 6. The van der Waals surface area contributed by atoms with Gasteiger partial charge < -0.3 is 38.3 Å². The number of hydrogen-bond donors (Lipinski definition) is 1. The number of carbonyl (C=O) groups is 2. The monoisotopic (exact) mass is 710 g/mol. The standard InChI is InChI=1S/C42H46O10/c1-3-40(43)48-27-11-7-5-9-25-46-35-17-13-32(14-18-35)42(45)52-39-20-16-33-29-38(19-15-34(33)30-39)51-31-50-37-23-21-36(22-24-37)47-26-10-6-8-12-28-49-41(44)4-2/h3,13-24,29-30,44H,1-2,5-12,25-28,31H2. The number of benzene rings is 4. The molecule has 0 saturated carbocycles. The summed E-state index contributed by atoms with van der Waals surface area (Å²) >= 11 is 0. The van der Waals surface area contributed by atoms with Crippen molar-refractivity contribution in [2.75, 3.05) is 33.2 Å². The van der Waals surface area contributed by atoms with Gasteiger partial charge in [-0.1, -0.05) is 18.7 Å². The van der Waals surface area contributed by atoms with E-state index in [1.54, 1.807) is 30.3 Å². The highest BCUT2D eigenvalue weighted by molar-refractivity contribution is 5.92. The van der Waals surface area contributed by atoms with Crippen molar-refractivity contribution < 1.29 is 47.9 Å². The third-order valence-electron chi connectivity index (χ3n) is 7.77. The van der Waals surface area contributed by atoms with Gasteiger partial charge in [0.25, 0.3) is 0 Å². The van der Waals surface area contributed by atoms with E-state index in [0.29, 0.717) is 55.0 Å². The smallest absolute Gasteiger partial charge is 0.343 e. The van der Waals surface area contributed by atoms with Gasteiger partial charge in [0, 0.05) is 6.08 Å². The molecule has 0 fully saturated rings. The van der Waals surface area contributed by atoms with Crippen LogP contribution in [0.25, 0.3) is 10.8 Å². The van der Waals surface area contributed by atoms with Crippen LogP contribution in [-0.2, 0) is 14.3 Å². The predicted molar refractivity (Wildman–Crippen MR) is 198 cm³/mol. The number of ether oxygens (including phenoxy) is 7.